The van der Waals surface area contributed by atoms with Crippen LogP contribution in [0.2, 0.25) is 0 Å². The van der Waals surface area contributed by atoms with Gasteiger partial charge >= 0.3 is 0 Å². The first-order valence-electron chi connectivity index (χ1n) is 11.2. The molecule has 2 N–H and O–H groups in total. The second-order valence-electron chi connectivity index (χ2n) is 8.56. The van der Waals surface area contributed by atoms with Crippen LogP contribution in [0.3, 0.4) is 0 Å². The van der Waals surface area contributed by atoms with Crippen LogP contribution in [-0.2, 0) is 4.79 Å². The van der Waals surface area contributed by atoms with Gasteiger partial charge in [0.05, 0.1) is 12.8 Å². The molecule has 2 aliphatic heterocycles. The van der Waals surface area contributed by atoms with E-state index in [9.17, 15) is 4.79 Å². The van der Waals surface area contributed by atoms with E-state index in [2.05, 4.69) is 34.6 Å². The molecule has 2 fully saturated rings. The number of amides is 1. The molecule has 0 radical (unpaired) electrons. The lowest BCUT2D eigenvalue weighted by Crippen LogP contribution is -2.45. The Balaban J connectivity index is 0.00000341. The van der Waals surface area contributed by atoms with Crippen molar-refractivity contribution in [1.82, 2.24) is 15.5 Å². The van der Waals surface area contributed by atoms with Gasteiger partial charge in [0.2, 0.25) is 5.91 Å². The number of nitrogens with zero attached hydrogens (tertiary/aromatic N) is 3. The number of carbonyl (C=O) groups is 1. The Morgan fingerprint density at radius 1 is 1.23 bits per heavy atom. The zero-order valence-corrected chi connectivity index (χ0v) is 21.6. The van der Waals surface area contributed by atoms with Crippen molar-refractivity contribution in [3.63, 3.8) is 0 Å². The molecule has 1 aromatic carbocycles. The summed E-state index contributed by atoms with van der Waals surface area (Å²) in [6.07, 6.45) is 2.09. The topological polar surface area (TPSA) is 69.2 Å². The molecule has 7 nitrogen and oxygen atoms in total. The number of hydrogen-bond acceptors (Lipinski definition) is 4. The molecule has 2 heterocycles. The summed E-state index contributed by atoms with van der Waals surface area (Å²) < 4.78 is 5.52. The number of nitrogens with one attached hydrogen (secondary N) is 2. The van der Waals surface area contributed by atoms with E-state index >= 15 is 0 Å². The predicted molar refractivity (Wildman–Crippen MR) is 138 cm³/mol. The average Bonchev–Trinajstić information content (AvgIpc) is 3.41. The first-order chi connectivity index (χ1) is 14.5. The Labute approximate surface area is 204 Å². The van der Waals surface area contributed by atoms with E-state index in [1.165, 1.54) is 0 Å². The van der Waals surface area contributed by atoms with Gasteiger partial charge in [-0.25, -0.2) is 0 Å². The normalized spacial score (nSPS) is 21.3. The summed E-state index contributed by atoms with van der Waals surface area (Å²) in [5, 5.41) is 6.90. The van der Waals surface area contributed by atoms with E-state index in [-0.39, 0.29) is 41.8 Å². The quantitative estimate of drug-likeness (QED) is 0.315. The van der Waals surface area contributed by atoms with Crippen LogP contribution in [0.5, 0.6) is 5.75 Å². The molecule has 2 atom stereocenters. The summed E-state index contributed by atoms with van der Waals surface area (Å²) in [5.74, 6) is 2.60. The molecule has 2 unspecified atom stereocenters. The molecule has 0 bridgehead atoms. The Bertz CT molecular complexity index is 742. The van der Waals surface area contributed by atoms with Crippen molar-refractivity contribution in [2.24, 2.45) is 16.8 Å². The maximum atomic E-state index is 12.2. The average molecular weight is 543 g/mol. The van der Waals surface area contributed by atoms with Gasteiger partial charge in [0.25, 0.3) is 0 Å². The minimum Gasteiger partial charge on any atom is -0.495 e. The Morgan fingerprint density at radius 2 is 2.00 bits per heavy atom. The largest absolute Gasteiger partial charge is 0.495 e. The third-order valence-electron chi connectivity index (χ3n) is 5.90. The summed E-state index contributed by atoms with van der Waals surface area (Å²) in [4.78, 5) is 21.5. The van der Waals surface area contributed by atoms with Crippen LogP contribution >= 0.6 is 24.0 Å². The number of guanidine groups is 1. The first kappa shape index (κ1) is 25.5. The number of rotatable bonds is 7. The van der Waals surface area contributed by atoms with Crippen molar-refractivity contribution in [2.45, 2.75) is 39.7 Å². The fourth-order valence-electron chi connectivity index (χ4n) is 4.27. The summed E-state index contributed by atoms with van der Waals surface area (Å²) >= 11 is 0. The lowest BCUT2D eigenvalue weighted by Gasteiger charge is -2.21. The molecule has 8 heteroatoms. The molecule has 1 amide bonds. The third-order valence-corrected chi connectivity index (χ3v) is 5.90. The number of methoxy groups -OCH3 is 1. The summed E-state index contributed by atoms with van der Waals surface area (Å²) in [6, 6.07) is 8.47. The second kappa shape index (κ2) is 12.4. The van der Waals surface area contributed by atoms with Crippen LogP contribution in [0.15, 0.2) is 29.3 Å². The Kier molecular flexibility index (Phi) is 10.2. The molecule has 2 aliphatic rings. The number of halogens is 1. The number of anilines is 1. The molecular formula is C23H38IN5O2. The van der Waals surface area contributed by atoms with Crippen LogP contribution in [0.25, 0.3) is 0 Å². The van der Waals surface area contributed by atoms with Crippen LogP contribution in [-0.4, -0.2) is 69.2 Å². The molecule has 0 saturated carbocycles. The molecule has 2 saturated heterocycles. The minimum atomic E-state index is 0. The maximum Gasteiger partial charge on any atom is 0.225 e. The smallest absolute Gasteiger partial charge is 0.225 e. The molecular weight excluding hydrogens is 505 g/mol. The maximum absolute atomic E-state index is 12.2. The highest BCUT2D eigenvalue weighted by Crippen LogP contribution is 2.32. The highest BCUT2D eigenvalue weighted by atomic mass is 127. The number of ether oxygens (including phenoxy) is 1. The van der Waals surface area contributed by atoms with E-state index in [1.807, 2.05) is 30.9 Å². The fraction of sp³-hybridized carbons (Fsp3) is 0.652. The lowest BCUT2D eigenvalue weighted by atomic mass is 10.1. The van der Waals surface area contributed by atoms with Crippen molar-refractivity contribution in [3.05, 3.63) is 24.3 Å². The highest BCUT2D eigenvalue weighted by molar-refractivity contribution is 14.0. The Morgan fingerprint density at radius 3 is 2.71 bits per heavy atom. The highest BCUT2D eigenvalue weighted by Gasteiger charge is 2.28. The van der Waals surface area contributed by atoms with Gasteiger partial charge in [-0.1, -0.05) is 26.0 Å². The van der Waals surface area contributed by atoms with Crippen molar-refractivity contribution < 1.29 is 9.53 Å². The van der Waals surface area contributed by atoms with Crippen LogP contribution in [0.4, 0.5) is 5.69 Å². The number of hydrogen-bond donors (Lipinski definition) is 2. The van der Waals surface area contributed by atoms with Crippen LogP contribution in [0.1, 0.15) is 33.6 Å². The van der Waals surface area contributed by atoms with Gasteiger partial charge in [-0.3, -0.25) is 9.79 Å². The van der Waals surface area contributed by atoms with E-state index in [0.29, 0.717) is 5.92 Å². The van der Waals surface area contributed by atoms with Gasteiger partial charge < -0.3 is 25.2 Å². The number of aliphatic imine (C=N–C) groups is 1. The van der Waals surface area contributed by atoms with Gasteiger partial charge in [-0.15, -0.1) is 24.0 Å². The molecule has 0 spiro atoms. The van der Waals surface area contributed by atoms with Gasteiger partial charge in [0.1, 0.15) is 5.75 Å². The van der Waals surface area contributed by atoms with Crippen molar-refractivity contribution in [2.75, 3.05) is 51.3 Å². The standard InChI is InChI=1S/C23H37N5O2.HI/c1-5-24-23(26-19-11-13-28(16-19)22(29)17(2)3)25-14-18-10-12-27(15-18)20-8-6-7-9-21(20)30-4;/h6-9,17-19H,5,10-16H2,1-4H3,(H2,24,25,26);1H. The zero-order chi connectivity index (χ0) is 21.5. The Hall–Kier alpha value is -1.71. The second-order valence-corrected chi connectivity index (χ2v) is 8.56. The molecule has 3 rings (SSSR count). The summed E-state index contributed by atoms with van der Waals surface area (Å²) in [7, 11) is 1.73. The lowest BCUT2D eigenvalue weighted by molar-refractivity contribution is -0.133. The number of likely N-dealkylation sites (tertiary alicyclic amines) is 1. The number of para-hydroxylation sites is 2. The van der Waals surface area contributed by atoms with Gasteiger partial charge in [-0.2, -0.15) is 0 Å². The van der Waals surface area contributed by atoms with E-state index in [1.54, 1.807) is 7.11 Å². The zero-order valence-electron chi connectivity index (χ0n) is 19.3. The van der Waals surface area contributed by atoms with Gasteiger partial charge in [0.15, 0.2) is 5.96 Å². The predicted octanol–water partition coefficient (Wildman–Crippen LogP) is 2.95. The SMILES string of the molecule is CCNC(=NCC1CCN(c2ccccc2OC)C1)NC1CCN(C(=O)C(C)C)C1.I. The first-order valence-corrected chi connectivity index (χ1v) is 11.2. The minimum absolute atomic E-state index is 0. The van der Waals surface area contributed by atoms with Crippen molar-refractivity contribution in [3.8, 4) is 5.75 Å². The number of benzene rings is 1. The fourth-order valence-corrected chi connectivity index (χ4v) is 4.27. The van der Waals surface area contributed by atoms with Gasteiger partial charge in [-0.05, 0) is 37.8 Å². The molecule has 174 valence electrons. The van der Waals surface area contributed by atoms with E-state index < -0.39 is 0 Å². The van der Waals surface area contributed by atoms with E-state index in [0.717, 1.165) is 69.5 Å². The summed E-state index contributed by atoms with van der Waals surface area (Å²) in [6.45, 7) is 11.2. The summed E-state index contributed by atoms with van der Waals surface area (Å²) in [5.41, 5.74) is 1.16. The van der Waals surface area contributed by atoms with Crippen LogP contribution in [0, 0.1) is 11.8 Å². The van der Waals surface area contributed by atoms with Crippen LogP contribution < -0.4 is 20.3 Å². The molecule has 1 aromatic rings. The van der Waals surface area contributed by atoms with Gasteiger partial charge in [0, 0.05) is 51.2 Å². The third kappa shape index (κ3) is 6.89. The van der Waals surface area contributed by atoms with Crippen molar-refractivity contribution >= 4 is 41.5 Å². The number of carbonyl (C=O) groups excluding carboxylic acids is 1. The van der Waals surface area contributed by atoms with E-state index in [4.69, 9.17) is 9.73 Å². The molecule has 31 heavy (non-hydrogen) atoms. The monoisotopic (exact) mass is 543 g/mol. The molecule has 0 aliphatic carbocycles. The van der Waals surface area contributed by atoms with Crippen molar-refractivity contribution in [1.29, 1.82) is 0 Å². The molecule has 0 aromatic heterocycles.